The van der Waals surface area contributed by atoms with Gasteiger partial charge in [0.05, 0.1) is 17.8 Å². The summed E-state index contributed by atoms with van der Waals surface area (Å²) in [6, 6.07) is 9.26. The van der Waals surface area contributed by atoms with Crippen LogP contribution in [-0.4, -0.2) is 60.1 Å². The molecule has 2 heterocycles. The summed E-state index contributed by atoms with van der Waals surface area (Å²) < 4.78 is 33.0. The molecular weight excluding hydrogens is 402 g/mol. The summed E-state index contributed by atoms with van der Waals surface area (Å²) in [5, 5.41) is 21.7. The maximum Gasteiger partial charge on any atom is 0.166 e. The van der Waals surface area contributed by atoms with E-state index in [4.69, 9.17) is 4.74 Å². The molecule has 0 spiro atoms. The van der Waals surface area contributed by atoms with Gasteiger partial charge in [-0.2, -0.15) is 5.10 Å². The molecule has 0 radical (unpaired) electrons. The molecule has 1 unspecified atom stereocenters. The van der Waals surface area contributed by atoms with Gasteiger partial charge in [-0.25, -0.2) is 8.78 Å². The number of nitrogens with one attached hydrogen (secondary N) is 2. The summed E-state index contributed by atoms with van der Waals surface area (Å²) in [4.78, 5) is 2.39. The van der Waals surface area contributed by atoms with Crippen molar-refractivity contribution < 1.29 is 18.6 Å². The number of likely N-dealkylation sites (tertiary alicyclic amines) is 1. The van der Waals surface area contributed by atoms with Crippen LogP contribution in [-0.2, 0) is 4.74 Å². The summed E-state index contributed by atoms with van der Waals surface area (Å²) in [6.07, 6.45) is 1.20. The standard InChI is InChI=1S/C23H28F2N4O2/c1-31-12-11-29-9-7-15(8-10-29)14-26-23(30)22-18-13-16(5-6-20(18)27-28-22)17-3-2-4-19(24)21(17)25/h2-6,13,15,23,26,30H,7-12,14H2,1H3,(H,27,28). The van der Waals surface area contributed by atoms with E-state index in [1.54, 1.807) is 25.3 Å². The van der Waals surface area contributed by atoms with Gasteiger partial charge in [0, 0.05) is 31.1 Å². The number of benzene rings is 2. The Morgan fingerprint density at radius 2 is 2.06 bits per heavy atom. The molecule has 1 aromatic heterocycles. The van der Waals surface area contributed by atoms with Crippen LogP contribution in [0.2, 0.25) is 0 Å². The Kier molecular flexibility index (Phi) is 6.92. The van der Waals surface area contributed by atoms with Gasteiger partial charge < -0.3 is 14.7 Å². The van der Waals surface area contributed by atoms with Crippen LogP contribution in [0.25, 0.3) is 22.0 Å². The molecule has 1 saturated heterocycles. The second kappa shape index (κ2) is 9.82. The second-order valence-corrected chi connectivity index (χ2v) is 8.06. The van der Waals surface area contributed by atoms with Gasteiger partial charge >= 0.3 is 0 Å². The lowest BCUT2D eigenvalue weighted by Crippen LogP contribution is -2.39. The number of ether oxygens (including phenoxy) is 1. The molecule has 166 valence electrons. The Bertz CT molecular complexity index is 1020. The number of aromatic nitrogens is 2. The van der Waals surface area contributed by atoms with Crippen LogP contribution < -0.4 is 5.32 Å². The minimum absolute atomic E-state index is 0.178. The fourth-order valence-corrected chi connectivity index (χ4v) is 4.15. The molecule has 3 N–H and O–H groups in total. The van der Waals surface area contributed by atoms with Crippen LogP contribution in [0.3, 0.4) is 0 Å². The summed E-state index contributed by atoms with van der Waals surface area (Å²) in [5.41, 5.74) is 1.88. The van der Waals surface area contributed by atoms with Gasteiger partial charge in [-0.1, -0.05) is 18.2 Å². The first-order valence-corrected chi connectivity index (χ1v) is 10.6. The van der Waals surface area contributed by atoms with Crippen molar-refractivity contribution in [3.05, 3.63) is 53.7 Å². The quantitative estimate of drug-likeness (QED) is 0.478. The maximum absolute atomic E-state index is 14.2. The Balaban J connectivity index is 1.43. The molecule has 0 bridgehead atoms. The van der Waals surface area contributed by atoms with Crippen molar-refractivity contribution in [2.75, 3.05) is 39.9 Å². The van der Waals surface area contributed by atoms with Gasteiger partial charge in [-0.15, -0.1) is 0 Å². The topological polar surface area (TPSA) is 73.4 Å². The first-order chi connectivity index (χ1) is 15.1. The van der Waals surface area contributed by atoms with E-state index in [1.807, 2.05) is 0 Å². The maximum atomic E-state index is 14.2. The van der Waals surface area contributed by atoms with Crippen molar-refractivity contribution in [3.8, 4) is 11.1 Å². The molecule has 1 aliphatic rings. The molecule has 8 heteroatoms. The van der Waals surface area contributed by atoms with E-state index in [9.17, 15) is 13.9 Å². The number of fused-ring (bicyclic) bond motifs is 1. The molecule has 0 saturated carbocycles. The molecule has 2 aromatic carbocycles. The minimum Gasteiger partial charge on any atom is -0.383 e. The number of nitrogens with zero attached hydrogens (tertiary/aromatic N) is 2. The summed E-state index contributed by atoms with van der Waals surface area (Å²) >= 11 is 0. The minimum atomic E-state index is -0.927. The molecule has 1 aliphatic heterocycles. The van der Waals surface area contributed by atoms with Gasteiger partial charge in [0.1, 0.15) is 6.23 Å². The Hall–Kier alpha value is -2.39. The van der Waals surface area contributed by atoms with Crippen molar-refractivity contribution in [3.63, 3.8) is 0 Å². The summed E-state index contributed by atoms with van der Waals surface area (Å²) in [6.45, 7) is 4.45. The van der Waals surface area contributed by atoms with Crippen molar-refractivity contribution in [1.82, 2.24) is 20.4 Å². The number of methoxy groups -OCH3 is 1. The van der Waals surface area contributed by atoms with E-state index >= 15 is 0 Å². The predicted molar refractivity (Wildman–Crippen MR) is 115 cm³/mol. The lowest BCUT2D eigenvalue weighted by Gasteiger charge is -2.32. The van der Waals surface area contributed by atoms with E-state index in [1.165, 1.54) is 12.1 Å². The smallest absolute Gasteiger partial charge is 0.166 e. The first-order valence-electron chi connectivity index (χ1n) is 10.6. The third-order valence-electron chi connectivity index (χ3n) is 6.04. The first kappa shape index (κ1) is 21.8. The molecule has 1 fully saturated rings. The van der Waals surface area contributed by atoms with E-state index < -0.39 is 17.9 Å². The monoisotopic (exact) mass is 430 g/mol. The zero-order valence-corrected chi connectivity index (χ0v) is 17.6. The Morgan fingerprint density at radius 1 is 1.26 bits per heavy atom. The number of H-pyrrole nitrogens is 1. The highest BCUT2D eigenvalue weighted by Crippen LogP contribution is 2.30. The number of hydrogen-bond acceptors (Lipinski definition) is 5. The molecule has 4 rings (SSSR count). The van der Waals surface area contributed by atoms with E-state index in [0.717, 1.165) is 45.1 Å². The zero-order chi connectivity index (χ0) is 21.8. The molecule has 1 atom stereocenters. The van der Waals surface area contributed by atoms with Crippen LogP contribution >= 0.6 is 0 Å². The Labute approximate surface area is 180 Å². The molecule has 31 heavy (non-hydrogen) atoms. The number of aliphatic hydroxyl groups excluding tert-OH is 1. The van der Waals surface area contributed by atoms with Crippen molar-refractivity contribution in [1.29, 1.82) is 0 Å². The molecule has 3 aromatic rings. The lowest BCUT2D eigenvalue weighted by molar-refractivity contribution is 0.102. The molecular formula is C23H28F2N4O2. The summed E-state index contributed by atoms with van der Waals surface area (Å²) in [7, 11) is 1.72. The average molecular weight is 430 g/mol. The third kappa shape index (κ3) is 4.93. The number of aliphatic hydroxyl groups is 1. The van der Waals surface area contributed by atoms with E-state index in [0.29, 0.717) is 34.6 Å². The van der Waals surface area contributed by atoms with Gasteiger partial charge in [0.25, 0.3) is 0 Å². The van der Waals surface area contributed by atoms with Crippen molar-refractivity contribution in [2.45, 2.75) is 19.1 Å². The van der Waals surface area contributed by atoms with Crippen LogP contribution in [0.4, 0.5) is 8.78 Å². The van der Waals surface area contributed by atoms with Crippen LogP contribution in [0, 0.1) is 17.6 Å². The van der Waals surface area contributed by atoms with E-state index in [2.05, 4.69) is 20.4 Å². The van der Waals surface area contributed by atoms with Gasteiger partial charge in [0.15, 0.2) is 11.6 Å². The molecule has 0 amide bonds. The van der Waals surface area contributed by atoms with Gasteiger partial charge in [-0.3, -0.25) is 10.4 Å². The summed E-state index contributed by atoms with van der Waals surface area (Å²) in [5.74, 6) is -1.29. The number of aromatic amines is 1. The van der Waals surface area contributed by atoms with Crippen LogP contribution in [0.5, 0.6) is 0 Å². The number of rotatable bonds is 8. The Morgan fingerprint density at radius 3 is 2.84 bits per heavy atom. The second-order valence-electron chi connectivity index (χ2n) is 8.06. The number of halogens is 2. The fourth-order valence-electron chi connectivity index (χ4n) is 4.15. The highest BCUT2D eigenvalue weighted by molar-refractivity contribution is 5.87. The number of piperidine rings is 1. The third-order valence-corrected chi connectivity index (χ3v) is 6.04. The van der Waals surface area contributed by atoms with Gasteiger partial charge in [-0.05, 0) is 55.6 Å². The largest absolute Gasteiger partial charge is 0.383 e. The SMILES string of the molecule is COCCN1CCC(CNC(O)c2[nH]nc3ccc(-c4cccc(F)c4F)cc23)CC1. The molecule has 6 nitrogen and oxygen atoms in total. The van der Waals surface area contributed by atoms with Crippen molar-refractivity contribution in [2.24, 2.45) is 5.92 Å². The average Bonchev–Trinajstić information content (AvgIpc) is 3.22. The fraction of sp³-hybridized carbons (Fsp3) is 0.435. The predicted octanol–water partition coefficient (Wildman–Crippen LogP) is 3.45. The van der Waals surface area contributed by atoms with Crippen LogP contribution in [0.15, 0.2) is 36.4 Å². The lowest BCUT2D eigenvalue weighted by atomic mass is 9.96. The normalized spacial score (nSPS) is 16.8. The van der Waals surface area contributed by atoms with Crippen molar-refractivity contribution >= 4 is 10.9 Å². The van der Waals surface area contributed by atoms with Gasteiger partial charge in [0.2, 0.25) is 0 Å². The highest BCUT2D eigenvalue weighted by Gasteiger charge is 2.21. The molecule has 0 aliphatic carbocycles. The highest BCUT2D eigenvalue weighted by atomic mass is 19.2. The zero-order valence-electron chi connectivity index (χ0n) is 17.6. The number of hydrogen-bond donors (Lipinski definition) is 3. The van der Waals surface area contributed by atoms with Crippen LogP contribution in [0.1, 0.15) is 24.8 Å². The van der Waals surface area contributed by atoms with E-state index in [-0.39, 0.29) is 5.56 Å².